The maximum absolute atomic E-state index is 6.57. The van der Waals surface area contributed by atoms with Crippen molar-refractivity contribution < 1.29 is 4.74 Å². The third-order valence-corrected chi connectivity index (χ3v) is 4.66. The van der Waals surface area contributed by atoms with Gasteiger partial charge in [0.05, 0.1) is 6.61 Å². The first-order valence-electron chi connectivity index (χ1n) is 7.60. The van der Waals surface area contributed by atoms with E-state index < -0.39 is 0 Å². The van der Waals surface area contributed by atoms with E-state index in [9.17, 15) is 0 Å². The van der Waals surface area contributed by atoms with Crippen LogP contribution in [0.4, 0.5) is 0 Å². The summed E-state index contributed by atoms with van der Waals surface area (Å²) in [4.78, 5) is 0. The Morgan fingerprint density at radius 1 is 1.05 bits per heavy atom. The Kier molecular flexibility index (Phi) is 3.73. The molecule has 0 spiro atoms. The van der Waals surface area contributed by atoms with Gasteiger partial charge < -0.3 is 10.5 Å². The summed E-state index contributed by atoms with van der Waals surface area (Å²) in [6.45, 7) is 7.15. The molecule has 0 fully saturated rings. The molecule has 21 heavy (non-hydrogen) atoms. The van der Waals surface area contributed by atoms with Gasteiger partial charge in [0, 0.05) is 12.0 Å². The van der Waals surface area contributed by atoms with Crippen molar-refractivity contribution in [1.29, 1.82) is 0 Å². The molecule has 0 saturated carbocycles. The first-order chi connectivity index (χ1) is 10.1. The third-order valence-electron chi connectivity index (χ3n) is 4.66. The minimum Gasteiger partial charge on any atom is -0.493 e. The molecule has 1 aliphatic heterocycles. The van der Waals surface area contributed by atoms with Crippen molar-refractivity contribution in [3.63, 3.8) is 0 Å². The highest BCUT2D eigenvalue weighted by atomic mass is 16.5. The Morgan fingerprint density at radius 2 is 1.76 bits per heavy atom. The van der Waals surface area contributed by atoms with E-state index in [1.54, 1.807) is 0 Å². The molecule has 2 unspecified atom stereocenters. The molecular formula is C19H23NO. The minimum absolute atomic E-state index is 0.0256. The number of benzene rings is 2. The molecule has 2 aromatic rings. The molecule has 1 heterocycles. The first-order valence-corrected chi connectivity index (χ1v) is 7.60. The van der Waals surface area contributed by atoms with Gasteiger partial charge in [-0.05, 0) is 61.1 Å². The second-order valence-electron chi connectivity index (χ2n) is 6.20. The van der Waals surface area contributed by atoms with Crippen molar-refractivity contribution in [2.24, 2.45) is 11.7 Å². The Balaban J connectivity index is 1.87. The van der Waals surface area contributed by atoms with Gasteiger partial charge in [-0.3, -0.25) is 0 Å². The molecule has 0 saturated heterocycles. The molecular weight excluding hydrogens is 258 g/mol. The average Bonchev–Trinajstić information content (AvgIpc) is 2.50. The van der Waals surface area contributed by atoms with Crippen LogP contribution >= 0.6 is 0 Å². The van der Waals surface area contributed by atoms with Crippen LogP contribution in [0.3, 0.4) is 0 Å². The second-order valence-corrected chi connectivity index (χ2v) is 6.20. The van der Waals surface area contributed by atoms with Crippen LogP contribution < -0.4 is 10.5 Å². The van der Waals surface area contributed by atoms with Crippen LogP contribution in [0.2, 0.25) is 0 Å². The summed E-state index contributed by atoms with van der Waals surface area (Å²) in [6, 6.07) is 12.8. The quantitative estimate of drug-likeness (QED) is 0.907. The number of rotatable bonds is 2. The number of hydrogen-bond donors (Lipinski definition) is 1. The predicted octanol–water partition coefficient (Wildman–Crippen LogP) is 3.86. The smallest absolute Gasteiger partial charge is 0.122 e. The molecule has 2 heteroatoms. The van der Waals surface area contributed by atoms with E-state index in [2.05, 4.69) is 45.0 Å². The number of para-hydroxylation sites is 1. The zero-order valence-corrected chi connectivity index (χ0v) is 13.0. The van der Waals surface area contributed by atoms with E-state index in [0.29, 0.717) is 12.5 Å². The van der Waals surface area contributed by atoms with Crippen LogP contribution in [0.1, 0.15) is 33.9 Å². The van der Waals surface area contributed by atoms with Gasteiger partial charge in [-0.2, -0.15) is 0 Å². The van der Waals surface area contributed by atoms with Crippen molar-refractivity contribution >= 4 is 0 Å². The maximum atomic E-state index is 6.57. The normalized spacial score (nSPS) is 18.8. The largest absolute Gasteiger partial charge is 0.493 e. The standard InChI is InChI=1S/C19H23NO/c1-12-8-14(3)17(9-13(12)2)19(20)16-10-15-6-4-5-7-18(15)21-11-16/h4-9,16,19H,10-11,20H2,1-3H3. The van der Waals surface area contributed by atoms with E-state index in [0.717, 1.165) is 12.2 Å². The van der Waals surface area contributed by atoms with Gasteiger partial charge in [0.25, 0.3) is 0 Å². The fourth-order valence-corrected chi connectivity index (χ4v) is 3.18. The zero-order valence-electron chi connectivity index (χ0n) is 13.0. The van der Waals surface area contributed by atoms with Gasteiger partial charge >= 0.3 is 0 Å². The number of aryl methyl sites for hydroxylation is 3. The Morgan fingerprint density at radius 3 is 2.57 bits per heavy atom. The Labute approximate surface area is 126 Å². The van der Waals surface area contributed by atoms with Crippen LogP contribution in [0.15, 0.2) is 36.4 Å². The SMILES string of the molecule is Cc1cc(C)c(C(N)C2COc3ccccc3C2)cc1C. The van der Waals surface area contributed by atoms with Gasteiger partial charge in [-0.25, -0.2) is 0 Å². The number of ether oxygens (including phenoxy) is 1. The lowest BCUT2D eigenvalue weighted by molar-refractivity contribution is 0.199. The molecule has 2 nitrogen and oxygen atoms in total. The van der Waals surface area contributed by atoms with Crippen molar-refractivity contribution in [1.82, 2.24) is 0 Å². The van der Waals surface area contributed by atoms with E-state index in [-0.39, 0.29) is 6.04 Å². The molecule has 2 aromatic carbocycles. The highest BCUT2D eigenvalue weighted by Gasteiger charge is 2.27. The van der Waals surface area contributed by atoms with Gasteiger partial charge in [-0.15, -0.1) is 0 Å². The number of nitrogens with two attached hydrogens (primary N) is 1. The van der Waals surface area contributed by atoms with E-state index >= 15 is 0 Å². The lowest BCUT2D eigenvalue weighted by atomic mass is 9.84. The van der Waals surface area contributed by atoms with Gasteiger partial charge in [-0.1, -0.05) is 30.3 Å². The number of hydrogen-bond acceptors (Lipinski definition) is 2. The third kappa shape index (κ3) is 2.68. The summed E-state index contributed by atoms with van der Waals surface area (Å²) >= 11 is 0. The topological polar surface area (TPSA) is 35.2 Å². The lowest BCUT2D eigenvalue weighted by Crippen LogP contribution is -2.32. The van der Waals surface area contributed by atoms with E-state index in [1.807, 2.05) is 12.1 Å². The van der Waals surface area contributed by atoms with Crippen molar-refractivity contribution in [2.75, 3.05) is 6.61 Å². The maximum Gasteiger partial charge on any atom is 0.122 e. The van der Waals surface area contributed by atoms with Crippen LogP contribution in [0.25, 0.3) is 0 Å². The summed E-state index contributed by atoms with van der Waals surface area (Å²) in [7, 11) is 0. The van der Waals surface area contributed by atoms with Crippen LogP contribution in [-0.2, 0) is 6.42 Å². The van der Waals surface area contributed by atoms with E-state index in [4.69, 9.17) is 10.5 Å². The molecule has 0 aliphatic carbocycles. The monoisotopic (exact) mass is 281 g/mol. The molecule has 0 aromatic heterocycles. The Bertz CT molecular complexity index is 663. The van der Waals surface area contributed by atoms with Gasteiger partial charge in [0.1, 0.15) is 5.75 Å². The molecule has 2 atom stereocenters. The summed E-state index contributed by atoms with van der Waals surface area (Å²) < 4.78 is 5.89. The number of fused-ring (bicyclic) bond motifs is 1. The van der Waals surface area contributed by atoms with Crippen LogP contribution in [-0.4, -0.2) is 6.61 Å². The van der Waals surface area contributed by atoms with Crippen LogP contribution in [0.5, 0.6) is 5.75 Å². The van der Waals surface area contributed by atoms with Gasteiger partial charge in [0.2, 0.25) is 0 Å². The predicted molar refractivity (Wildman–Crippen MR) is 86.7 cm³/mol. The van der Waals surface area contributed by atoms with Crippen molar-refractivity contribution in [3.05, 3.63) is 64.2 Å². The molecule has 0 bridgehead atoms. The molecule has 1 aliphatic rings. The lowest BCUT2D eigenvalue weighted by Gasteiger charge is -2.30. The fourth-order valence-electron chi connectivity index (χ4n) is 3.18. The summed E-state index contributed by atoms with van der Waals surface area (Å²) in [5, 5.41) is 0. The summed E-state index contributed by atoms with van der Waals surface area (Å²) in [6.07, 6.45) is 0.990. The zero-order chi connectivity index (χ0) is 15.0. The highest BCUT2D eigenvalue weighted by molar-refractivity contribution is 5.40. The molecule has 3 rings (SSSR count). The fraction of sp³-hybridized carbons (Fsp3) is 0.368. The Hall–Kier alpha value is -1.80. The first kappa shape index (κ1) is 14.2. The highest BCUT2D eigenvalue weighted by Crippen LogP contribution is 2.34. The molecule has 0 radical (unpaired) electrons. The molecule has 110 valence electrons. The molecule has 0 amide bonds. The minimum atomic E-state index is 0.0256. The van der Waals surface area contributed by atoms with E-state index in [1.165, 1.54) is 27.8 Å². The summed E-state index contributed by atoms with van der Waals surface area (Å²) in [5.74, 6) is 1.35. The van der Waals surface area contributed by atoms with Crippen molar-refractivity contribution in [2.45, 2.75) is 33.2 Å². The molecule has 2 N–H and O–H groups in total. The average molecular weight is 281 g/mol. The summed E-state index contributed by atoms with van der Waals surface area (Å²) in [5.41, 5.74) is 13.0. The van der Waals surface area contributed by atoms with Crippen LogP contribution in [0, 0.1) is 26.7 Å². The van der Waals surface area contributed by atoms with Gasteiger partial charge in [0.15, 0.2) is 0 Å². The van der Waals surface area contributed by atoms with Crippen molar-refractivity contribution in [3.8, 4) is 5.75 Å². The second kappa shape index (κ2) is 5.53.